The number of aromatic nitrogens is 1. The molecule has 0 radical (unpaired) electrons. The van der Waals surface area contributed by atoms with Gasteiger partial charge in [0.15, 0.2) is 0 Å². The van der Waals surface area contributed by atoms with Gasteiger partial charge >= 0.3 is 0 Å². The number of aliphatic hydroxyl groups excluding tert-OH is 2. The van der Waals surface area contributed by atoms with Gasteiger partial charge in [-0.2, -0.15) is 0 Å². The second-order valence-corrected chi connectivity index (χ2v) is 14.6. The molecule has 3 N–H and O–H groups in total. The maximum absolute atomic E-state index is 9.78. The van der Waals surface area contributed by atoms with E-state index in [0.29, 0.717) is 48.3 Å². The van der Waals surface area contributed by atoms with Crippen LogP contribution in [0.1, 0.15) is 53.5 Å². The lowest BCUT2D eigenvalue weighted by Crippen LogP contribution is -2.41. The number of hydrogen-bond donors (Lipinski definition) is 3. The number of benzene rings is 3. The van der Waals surface area contributed by atoms with E-state index in [4.69, 9.17) is 30.5 Å². The van der Waals surface area contributed by atoms with Crippen LogP contribution in [0.25, 0.3) is 11.1 Å². The molecule has 0 aliphatic carbocycles. The van der Waals surface area contributed by atoms with Crippen LogP contribution in [0.5, 0.6) is 17.2 Å². The van der Waals surface area contributed by atoms with Crippen LogP contribution in [0.4, 0.5) is 0 Å². The number of halogens is 1. The largest absolute Gasteiger partial charge is 0.493 e. The van der Waals surface area contributed by atoms with E-state index in [1.807, 2.05) is 24.3 Å². The van der Waals surface area contributed by atoms with Crippen LogP contribution in [0.15, 0.2) is 73.1 Å². The summed E-state index contributed by atoms with van der Waals surface area (Å²) in [5.74, 6) is 2.04. The minimum atomic E-state index is -0.855. The van der Waals surface area contributed by atoms with Crippen LogP contribution in [-0.4, -0.2) is 78.8 Å². The SMILES string of the molecule is Cc1c(COc2cc(OCc3cccnc3)c(CNC[C@H](O)CO)cc2Cl)cccc1-c1cccc(OCCCN2CCC3(CCOC3)CC2)c1C. The number of hydrogen-bond acceptors (Lipinski definition) is 9. The Morgan fingerprint density at radius 1 is 0.904 bits per heavy atom. The third-order valence-corrected chi connectivity index (χ3v) is 10.8. The lowest BCUT2D eigenvalue weighted by molar-refractivity contribution is 0.0781. The topological polar surface area (TPSA) is 106 Å². The first-order valence-corrected chi connectivity index (χ1v) is 18.8. The Morgan fingerprint density at radius 2 is 1.69 bits per heavy atom. The van der Waals surface area contributed by atoms with E-state index in [0.717, 1.165) is 84.0 Å². The highest BCUT2D eigenvalue weighted by atomic mass is 35.5. The van der Waals surface area contributed by atoms with Gasteiger partial charge in [0.25, 0.3) is 0 Å². The van der Waals surface area contributed by atoms with Crippen LogP contribution >= 0.6 is 11.6 Å². The lowest BCUT2D eigenvalue weighted by atomic mass is 9.78. The first-order valence-electron chi connectivity index (χ1n) is 18.4. The van der Waals surface area contributed by atoms with Gasteiger partial charge in [-0.15, -0.1) is 0 Å². The van der Waals surface area contributed by atoms with E-state index in [9.17, 15) is 10.2 Å². The number of nitrogens with zero attached hydrogens (tertiary/aromatic N) is 2. The van der Waals surface area contributed by atoms with Crippen molar-refractivity contribution in [2.75, 3.05) is 52.6 Å². The normalized spacial score (nSPS) is 16.2. The van der Waals surface area contributed by atoms with Crippen molar-refractivity contribution in [2.45, 2.75) is 65.4 Å². The Labute approximate surface area is 312 Å². The third kappa shape index (κ3) is 9.83. The van der Waals surface area contributed by atoms with Gasteiger partial charge in [0.1, 0.15) is 30.5 Å². The summed E-state index contributed by atoms with van der Waals surface area (Å²) in [4.78, 5) is 6.76. The molecular weight excluding hydrogens is 678 g/mol. The number of ether oxygens (including phenoxy) is 4. The Balaban J connectivity index is 1.09. The molecule has 0 amide bonds. The molecule has 278 valence electrons. The molecule has 6 rings (SSSR count). The maximum atomic E-state index is 9.78. The summed E-state index contributed by atoms with van der Waals surface area (Å²) in [7, 11) is 0. The van der Waals surface area contributed by atoms with E-state index in [1.165, 1.54) is 19.3 Å². The summed E-state index contributed by atoms with van der Waals surface area (Å²) in [6.45, 7) is 11.1. The van der Waals surface area contributed by atoms with Crippen LogP contribution < -0.4 is 19.5 Å². The summed E-state index contributed by atoms with van der Waals surface area (Å²) in [5, 5.41) is 22.6. The minimum absolute atomic E-state index is 0.231. The van der Waals surface area contributed by atoms with Crippen LogP contribution in [-0.2, 0) is 24.5 Å². The van der Waals surface area contributed by atoms with Gasteiger partial charge in [-0.3, -0.25) is 4.98 Å². The predicted octanol–water partition coefficient (Wildman–Crippen LogP) is 6.89. The zero-order valence-electron chi connectivity index (χ0n) is 30.4. The number of pyridine rings is 1. The summed E-state index contributed by atoms with van der Waals surface area (Å²) in [6, 6.07) is 20.0. The fourth-order valence-corrected chi connectivity index (χ4v) is 7.40. The standard InChI is InChI=1S/C42H52ClN3O6/c1-30-33(28-52-41-22-40(51-27-32-7-5-15-44-23-32)34(21-38(41)43)24-45-25-35(48)26-47)8-3-9-36(30)37-10-4-11-39(31(37)2)50-19-6-16-46-17-12-42(13-18-46)14-20-49-29-42/h3-5,7-11,15,21-23,35,45,47-48H,6,12-14,16-20,24-29H2,1-2H3/t35-/m0/s1. The number of nitrogens with one attached hydrogen (secondary N) is 1. The highest BCUT2D eigenvalue weighted by Gasteiger charge is 2.37. The highest BCUT2D eigenvalue weighted by Crippen LogP contribution is 2.39. The summed E-state index contributed by atoms with van der Waals surface area (Å²) in [5.41, 5.74) is 7.76. The molecule has 1 atom stereocenters. The van der Waals surface area contributed by atoms with Crippen LogP contribution in [0.2, 0.25) is 5.02 Å². The van der Waals surface area contributed by atoms with E-state index >= 15 is 0 Å². The molecule has 3 aromatic carbocycles. The van der Waals surface area contributed by atoms with E-state index in [-0.39, 0.29) is 13.2 Å². The predicted molar refractivity (Wildman–Crippen MR) is 204 cm³/mol. The monoisotopic (exact) mass is 729 g/mol. The number of likely N-dealkylation sites (tertiary alicyclic amines) is 1. The van der Waals surface area contributed by atoms with Crippen LogP contribution in [0.3, 0.4) is 0 Å². The van der Waals surface area contributed by atoms with Gasteiger partial charge in [-0.25, -0.2) is 0 Å². The number of piperidine rings is 1. The molecule has 0 unspecified atom stereocenters. The Kier molecular flexibility index (Phi) is 13.4. The van der Waals surface area contributed by atoms with Crippen molar-refractivity contribution >= 4 is 11.6 Å². The molecule has 0 bridgehead atoms. The first kappa shape index (κ1) is 38.0. The van der Waals surface area contributed by atoms with Gasteiger partial charge in [0.05, 0.1) is 30.9 Å². The molecule has 2 fully saturated rings. The van der Waals surface area contributed by atoms with Gasteiger partial charge in [-0.1, -0.05) is 48.0 Å². The van der Waals surface area contributed by atoms with Crippen molar-refractivity contribution in [1.29, 1.82) is 0 Å². The van der Waals surface area contributed by atoms with E-state index in [2.05, 4.69) is 65.4 Å². The zero-order chi connectivity index (χ0) is 36.3. The van der Waals surface area contributed by atoms with E-state index in [1.54, 1.807) is 12.4 Å². The minimum Gasteiger partial charge on any atom is -0.493 e. The van der Waals surface area contributed by atoms with Crippen molar-refractivity contribution in [3.05, 3.63) is 106 Å². The number of aliphatic hydroxyl groups is 2. The molecule has 2 aliphatic rings. The van der Waals surface area contributed by atoms with Crippen molar-refractivity contribution in [3.8, 4) is 28.4 Å². The average Bonchev–Trinajstić information content (AvgIpc) is 3.62. The molecule has 1 aromatic heterocycles. The van der Waals surface area contributed by atoms with Gasteiger partial charge in [-0.05, 0) is 104 Å². The van der Waals surface area contributed by atoms with Crippen molar-refractivity contribution < 1.29 is 29.2 Å². The summed E-state index contributed by atoms with van der Waals surface area (Å²) >= 11 is 6.75. The maximum Gasteiger partial charge on any atom is 0.142 e. The molecular formula is C42H52ClN3O6. The summed E-state index contributed by atoms with van der Waals surface area (Å²) in [6.07, 6.45) is 7.35. The lowest BCUT2D eigenvalue weighted by Gasteiger charge is -2.38. The molecule has 3 heterocycles. The smallest absolute Gasteiger partial charge is 0.142 e. The summed E-state index contributed by atoms with van der Waals surface area (Å²) < 4.78 is 24.6. The van der Waals surface area contributed by atoms with Crippen LogP contribution in [0, 0.1) is 19.3 Å². The first-order chi connectivity index (χ1) is 25.3. The molecule has 9 nitrogen and oxygen atoms in total. The molecule has 2 aliphatic heterocycles. The van der Waals surface area contributed by atoms with Crippen molar-refractivity contribution in [3.63, 3.8) is 0 Å². The molecule has 0 saturated carbocycles. The zero-order valence-corrected chi connectivity index (χ0v) is 31.2. The van der Waals surface area contributed by atoms with Crippen molar-refractivity contribution in [1.82, 2.24) is 15.2 Å². The molecule has 10 heteroatoms. The quantitative estimate of drug-likeness (QED) is 0.100. The Bertz CT molecular complexity index is 1740. The Hall–Kier alpha value is -3.70. The van der Waals surface area contributed by atoms with E-state index < -0.39 is 6.10 Å². The highest BCUT2D eigenvalue weighted by molar-refractivity contribution is 6.32. The molecule has 2 saturated heterocycles. The van der Waals surface area contributed by atoms with Crippen molar-refractivity contribution in [2.24, 2.45) is 5.41 Å². The fraction of sp³-hybridized carbons (Fsp3) is 0.452. The van der Waals surface area contributed by atoms with Gasteiger partial charge < -0.3 is 39.4 Å². The number of rotatable bonds is 17. The average molecular weight is 730 g/mol. The molecule has 4 aromatic rings. The molecule has 52 heavy (non-hydrogen) atoms. The second kappa shape index (κ2) is 18.4. The third-order valence-electron chi connectivity index (χ3n) is 10.5. The van der Waals surface area contributed by atoms with Gasteiger partial charge in [0, 0.05) is 55.8 Å². The second-order valence-electron chi connectivity index (χ2n) is 14.2. The fourth-order valence-electron chi connectivity index (χ4n) is 7.16. The molecule has 1 spiro atoms. The van der Waals surface area contributed by atoms with Gasteiger partial charge in [0.2, 0.25) is 0 Å². The Morgan fingerprint density at radius 3 is 2.44 bits per heavy atom.